The number of hydrogen-bond donors (Lipinski definition) is 1. The van der Waals surface area contributed by atoms with E-state index in [0.29, 0.717) is 25.4 Å². The molecule has 0 radical (unpaired) electrons. The molecule has 6 heteroatoms. The smallest absolute Gasteiger partial charge is 0.222 e. The Morgan fingerprint density at radius 2 is 2.44 bits per heavy atom. The van der Waals surface area contributed by atoms with Crippen LogP contribution in [0.5, 0.6) is 0 Å². The van der Waals surface area contributed by atoms with Gasteiger partial charge >= 0.3 is 0 Å². The fourth-order valence-electron chi connectivity index (χ4n) is 2.00. The molecule has 1 fully saturated rings. The van der Waals surface area contributed by atoms with E-state index >= 15 is 0 Å². The molecule has 16 heavy (non-hydrogen) atoms. The molecule has 88 valence electrons. The minimum Gasteiger partial charge on any atom is -0.342 e. The molecule has 1 aromatic heterocycles. The third-order valence-electron chi connectivity index (χ3n) is 3.04. The Kier molecular flexibility index (Phi) is 3.19. The van der Waals surface area contributed by atoms with Gasteiger partial charge in [0.05, 0.1) is 0 Å². The van der Waals surface area contributed by atoms with E-state index in [1.807, 2.05) is 16.5 Å². The van der Waals surface area contributed by atoms with Gasteiger partial charge in [-0.3, -0.25) is 4.79 Å². The summed E-state index contributed by atoms with van der Waals surface area (Å²) < 4.78 is 1.88. The average Bonchev–Trinajstić information content (AvgIpc) is 2.82. The SMILES string of the molecule is Cn1cnnc1CCN1CC(CN)CC1=O. The number of amides is 1. The molecule has 0 aliphatic carbocycles. The van der Waals surface area contributed by atoms with Crippen LogP contribution in [0.4, 0.5) is 0 Å². The zero-order valence-electron chi connectivity index (χ0n) is 9.46. The highest BCUT2D eigenvalue weighted by molar-refractivity contribution is 5.78. The predicted octanol–water partition coefficient (Wildman–Crippen LogP) is -0.835. The van der Waals surface area contributed by atoms with Gasteiger partial charge in [0, 0.05) is 33.0 Å². The highest BCUT2D eigenvalue weighted by Gasteiger charge is 2.28. The summed E-state index contributed by atoms with van der Waals surface area (Å²) in [6.45, 7) is 2.08. The maximum atomic E-state index is 11.6. The highest BCUT2D eigenvalue weighted by Crippen LogP contribution is 2.16. The number of likely N-dealkylation sites (tertiary alicyclic amines) is 1. The fourth-order valence-corrected chi connectivity index (χ4v) is 2.00. The van der Waals surface area contributed by atoms with Crippen molar-refractivity contribution in [1.82, 2.24) is 19.7 Å². The summed E-state index contributed by atoms with van der Waals surface area (Å²) in [5, 5.41) is 7.80. The number of rotatable bonds is 4. The second-order valence-electron chi connectivity index (χ2n) is 4.25. The molecule has 1 unspecified atom stereocenters. The van der Waals surface area contributed by atoms with Crippen LogP contribution in [0.25, 0.3) is 0 Å². The van der Waals surface area contributed by atoms with Gasteiger partial charge in [-0.2, -0.15) is 0 Å². The van der Waals surface area contributed by atoms with Crippen molar-refractivity contribution in [2.45, 2.75) is 12.8 Å². The monoisotopic (exact) mass is 223 g/mol. The summed E-state index contributed by atoms with van der Waals surface area (Å²) >= 11 is 0. The van der Waals surface area contributed by atoms with Gasteiger partial charge in [0.2, 0.25) is 5.91 Å². The Balaban J connectivity index is 1.87. The highest BCUT2D eigenvalue weighted by atomic mass is 16.2. The van der Waals surface area contributed by atoms with Crippen LogP contribution in [0.15, 0.2) is 6.33 Å². The lowest BCUT2D eigenvalue weighted by Gasteiger charge is -2.15. The molecule has 1 amide bonds. The number of aromatic nitrogens is 3. The number of nitrogens with zero attached hydrogens (tertiary/aromatic N) is 4. The van der Waals surface area contributed by atoms with E-state index < -0.39 is 0 Å². The van der Waals surface area contributed by atoms with Crippen molar-refractivity contribution < 1.29 is 4.79 Å². The van der Waals surface area contributed by atoms with E-state index in [1.54, 1.807) is 6.33 Å². The van der Waals surface area contributed by atoms with Crippen molar-refractivity contribution in [2.24, 2.45) is 18.7 Å². The Labute approximate surface area is 94.4 Å². The van der Waals surface area contributed by atoms with Crippen molar-refractivity contribution in [3.8, 4) is 0 Å². The van der Waals surface area contributed by atoms with E-state index in [0.717, 1.165) is 18.8 Å². The van der Waals surface area contributed by atoms with Crippen LogP contribution in [0, 0.1) is 5.92 Å². The molecule has 1 atom stereocenters. The summed E-state index contributed by atoms with van der Waals surface area (Å²) in [6, 6.07) is 0. The molecule has 0 saturated carbocycles. The molecule has 2 heterocycles. The number of hydrogen-bond acceptors (Lipinski definition) is 4. The van der Waals surface area contributed by atoms with E-state index in [-0.39, 0.29) is 5.91 Å². The standard InChI is InChI=1S/C10H17N5O/c1-14-7-12-13-9(14)2-3-15-6-8(5-11)4-10(15)16/h7-8H,2-6,11H2,1H3. The quantitative estimate of drug-likeness (QED) is 0.722. The third kappa shape index (κ3) is 2.21. The summed E-state index contributed by atoms with van der Waals surface area (Å²) in [5.41, 5.74) is 5.57. The predicted molar refractivity (Wildman–Crippen MR) is 58.4 cm³/mol. The summed E-state index contributed by atoms with van der Waals surface area (Å²) in [4.78, 5) is 13.5. The minimum atomic E-state index is 0.206. The van der Waals surface area contributed by atoms with Gasteiger partial charge in [-0.15, -0.1) is 10.2 Å². The molecule has 1 aliphatic rings. The summed E-state index contributed by atoms with van der Waals surface area (Å²) in [5.74, 6) is 1.44. The largest absolute Gasteiger partial charge is 0.342 e. The number of aryl methyl sites for hydroxylation is 1. The normalized spacial score (nSPS) is 20.8. The summed E-state index contributed by atoms with van der Waals surface area (Å²) in [6.07, 6.45) is 3.01. The molecule has 2 rings (SSSR count). The lowest BCUT2D eigenvalue weighted by atomic mass is 10.1. The number of carbonyl (C=O) groups excluding carboxylic acids is 1. The molecule has 0 bridgehead atoms. The van der Waals surface area contributed by atoms with E-state index in [9.17, 15) is 4.79 Å². The molecule has 2 N–H and O–H groups in total. The molecular formula is C10H17N5O. The second-order valence-corrected chi connectivity index (χ2v) is 4.25. The van der Waals surface area contributed by atoms with Gasteiger partial charge in [-0.05, 0) is 12.5 Å². The number of nitrogens with two attached hydrogens (primary N) is 1. The molecule has 0 spiro atoms. The van der Waals surface area contributed by atoms with E-state index in [4.69, 9.17) is 5.73 Å². The Morgan fingerprint density at radius 3 is 3.00 bits per heavy atom. The van der Waals surface area contributed by atoms with Gasteiger partial charge in [0.1, 0.15) is 12.2 Å². The van der Waals surface area contributed by atoms with Crippen molar-refractivity contribution in [3.63, 3.8) is 0 Å². The van der Waals surface area contributed by atoms with Gasteiger partial charge in [-0.1, -0.05) is 0 Å². The molecule has 0 aromatic carbocycles. The van der Waals surface area contributed by atoms with Gasteiger partial charge in [0.25, 0.3) is 0 Å². The first kappa shape index (κ1) is 11.1. The first-order valence-corrected chi connectivity index (χ1v) is 5.51. The first-order chi connectivity index (χ1) is 7.70. The van der Waals surface area contributed by atoms with Crippen molar-refractivity contribution in [3.05, 3.63) is 12.2 Å². The molecule has 1 saturated heterocycles. The first-order valence-electron chi connectivity index (χ1n) is 5.51. The van der Waals surface area contributed by atoms with Crippen LogP contribution in [0.2, 0.25) is 0 Å². The van der Waals surface area contributed by atoms with Crippen LogP contribution < -0.4 is 5.73 Å². The topological polar surface area (TPSA) is 77.0 Å². The summed E-state index contributed by atoms with van der Waals surface area (Å²) in [7, 11) is 1.91. The zero-order chi connectivity index (χ0) is 11.5. The lowest BCUT2D eigenvalue weighted by molar-refractivity contribution is -0.127. The van der Waals surface area contributed by atoms with Crippen LogP contribution >= 0.6 is 0 Å². The second kappa shape index (κ2) is 4.61. The maximum absolute atomic E-state index is 11.6. The van der Waals surface area contributed by atoms with Crippen LogP contribution in [-0.2, 0) is 18.3 Å². The minimum absolute atomic E-state index is 0.206. The van der Waals surface area contributed by atoms with Crippen LogP contribution in [0.3, 0.4) is 0 Å². The Bertz CT molecular complexity index is 375. The molecule has 1 aliphatic heterocycles. The van der Waals surface area contributed by atoms with Crippen molar-refractivity contribution >= 4 is 5.91 Å². The van der Waals surface area contributed by atoms with E-state index in [2.05, 4.69) is 10.2 Å². The van der Waals surface area contributed by atoms with Gasteiger partial charge in [-0.25, -0.2) is 0 Å². The number of carbonyl (C=O) groups is 1. The lowest BCUT2D eigenvalue weighted by Crippen LogP contribution is -2.29. The van der Waals surface area contributed by atoms with Crippen LogP contribution in [0.1, 0.15) is 12.2 Å². The Morgan fingerprint density at radius 1 is 1.62 bits per heavy atom. The zero-order valence-corrected chi connectivity index (χ0v) is 9.46. The third-order valence-corrected chi connectivity index (χ3v) is 3.04. The molecular weight excluding hydrogens is 206 g/mol. The van der Waals surface area contributed by atoms with Crippen molar-refractivity contribution in [2.75, 3.05) is 19.6 Å². The van der Waals surface area contributed by atoms with Gasteiger partial charge < -0.3 is 15.2 Å². The Hall–Kier alpha value is -1.43. The fraction of sp³-hybridized carbons (Fsp3) is 0.700. The molecule has 6 nitrogen and oxygen atoms in total. The molecule has 1 aromatic rings. The van der Waals surface area contributed by atoms with E-state index in [1.165, 1.54) is 0 Å². The maximum Gasteiger partial charge on any atom is 0.222 e. The van der Waals surface area contributed by atoms with Gasteiger partial charge in [0.15, 0.2) is 0 Å². The van der Waals surface area contributed by atoms with Crippen molar-refractivity contribution in [1.29, 1.82) is 0 Å². The average molecular weight is 223 g/mol. The van der Waals surface area contributed by atoms with Crippen LogP contribution in [-0.4, -0.2) is 45.2 Å².